The standard InChI is InChI=1S/C24H20N4O4S/c1-3-10-28-23(19-9-6-11-31-19)26-27-24(28)33-14-22(29)25-17-13-20-16(12-21(17)30-2)15-7-4-5-8-18(15)32-20/h3-9,11-13H,1,10,14H2,2H3,(H,25,29). The second-order valence-corrected chi connectivity index (χ2v) is 8.11. The molecular formula is C24H20N4O4S. The molecule has 0 fully saturated rings. The zero-order valence-corrected chi connectivity index (χ0v) is 18.6. The molecule has 166 valence electrons. The molecule has 0 saturated heterocycles. The number of hydrogen-bond donors (Lipinski definition) is 1. The fourth-order valence-corrected chi connectivity index (χ4v) is 4.36. The summed E-state index contributed by atoms with van der Waals surface area (Å²) in [6.07, 6.45) is 3.32. The summed E-state index contributed by atoms with van der Waals surface area (Å²) >= 11 is 1.28. The van der Waals surface area contributed by atoms with Crippen LogP contribution in [-0.4, -0.2) is 33.5 Å². The maximum absolute atomic E-state index is 12.8. The molecule has 1 N–H and O–H groups in total. The Kier molecular flexibility index (Phi) is 5.62. The molecular weight excluding hydrogens is 440 g/mol. The number of anilines is 1. The molecule has 0 bridgehead atoms. The molecule has 0 aliphatic heterocycles. The van der Waals surface area contributed by atoms with Crippen LogP contribution in [0.3, 0.4) is 0 Å². The van der Waals surface area contributed by atoms with E-state index in [1.807, 2.05) is 41.0 Å². The van der Waals surface area contributed by atoms with Crippen LogP contribution < -0.4 is 10.1 Å². The van der Waals surface area contributed by atoms with E-state index in [0.29, 0.717) is 40.3 Å². The number of ether oxygens (including phenoxy) is 1. The van der Waals surface area contributed by atoms with Crippen molar-refractivity contribution < 1.29 is 18.4 Å². The number of nitrogens with zero attached hydrogens (tertiary/aromatic N) is 3. The number of hydrogen-bond acceptors (Lipinski definition) is 7. The van der Waals surface area contributed by atoms with Crippen LogP contribution in [0.1, 0.15) is 0 Å². The molecule has 5 aromatic rings. The van der Waals surface area contributed by atoms with E-state index in [2.05, 4.69) is 22.1 Å². The number of amides is 1. The highest BCUT2D eigenvalue weighted by molar-refractivity contribution is 7.99. The minimum absolute atomic E-state index is 0.134. The van der Waals surface area contributed by atoms with Gasteiger partial charge in [0, 0.05) is 23.4 Å². The second-order valence-electron chi connectivity index (χ2n) is 7.17. The summed E-state index contributed by atoms with van der Waals surface area (Å²) in [5, 5.41) is 13.9. The minimum atomic E-state index is -0.207. The van der Waals surface area contributed by atoms with Gasteiger partial charge in [0.15, 0.2) is 10.9 Å². The van der Waals surface area contributed by atoms with Crippen molar-refractivity contribution in [2.45, 2.75) is 11.7 Å². The Labute approximate surface area is 193 Å². The van der Waals surface area contributed by atoms with Crippen molar-refractivity contribution in [1.82, 2.24) is 14.8 Å². The fourth-order valence-electron chi connectivity index (χ4n) is 3.61. The molecule has 9 heteroatoms. The van der Waals surface area contributed by atoms with Crippen LogP contribution in [0.15, 0.2) is 81.4 Å². The Morgan fingerprint density at radius 1 is 1.18 bits per heavy atom. The molecule has 0 atom stereocenters. The molecule has 0 aliphatic rings. The predicted molar refractivity (Wildman–Crippen MR) is 128 cm³/mol. The lowest BCUT2D eigenvalue weighted by Gasteiger charge is -2.10. The van der Waals surface area contributed by atoms with E-state index < -0.39 is 0 Å². The summed E-state index contributed by atoms with van der Waals surface area (Å²) in [6, 6.07) is 15.0. The summed E-state index contributed by atoms with van der Waals surface area (Å²) in [7, 11) is 1.57. The fraction of sp³-hybridized carbons (Fsp3) is 0.125. The van der Waals surface area contributed by atoms with Crippen molar-refractivity contribution in [3.8, 4) is 17.3 Å². The first kappa shape index (κ1) is 20.9. The molecule has 3 aromatic heterocycles. The topological polar surface area (TPSA) is 95.3 Å². The average molecular weight is 461 g/mol. The monoisotopic (exact) mass is 460 g/mol. The number of carbonyl (C=O) groups is 1. The summed E-state index contributed by atoms with van der Waals surface area (Å²) in [5.74, 6) is 1.67. The molecule has 33 heavy (non-hydrogen) atoms. The maximum atomic E-state index is 12.8. The second kappa shape index (κ2) is 8.87. The highest BCUT2D eigenvalue weighted by Crippen LogP contribution is 2.36. The highest BCUT2D eigenvalue weighted by Gasteiger charge is 2.18. The van der Waals surface area contributed by atoms with Crippen molar-refractivity contribution in [1.29, 1.82) is 0 Å². The SMILES string of the molecule is C=CCn1c(SCC(=O)Nc2cc3oc4ccccc4c3cc2OC)nnc1-c1ccco1. The number of benzene rings is 2. The van der Waals surface area contributed by atoms with Gasteiger partial charge in [0.25, 0.3) is 0 Å². The molecule has 0 radical (unpaired) electrons. The number of para-hydroxylation sites is 1. The Morgan fingerprint density at radius 2 is 2.06 bits per heavy atom. The van der Waals surface area contributed by atoms with E-state index in [1.165, 1.54) is 11.8 Å². The lowest BCUT2D eigenvalue weighted by Crippen LogP contribution is -2.15. The van der Waals surface area contributed by atoms with E-state index in [-0.39, 0.29) is 11.7 Å². The maximum Gasteiger partial charge on any atom is 0.234 e. The van der Waals surface area contributed by atoms with Gasteiger partial charge in [-0.25, -0.2) is 0 Å². The number of allylic oxidation sites excluding steroid dienone is 1. The third kappa shape index (κ3) is 3.98. The Morgan fingerprint density at radius 3 is 2.85 bits per heavy atom. The number of furan rings is 2. The molecule has 0 aliphatic carbocycles. The van der Waals surface area contributed by atoms with Crippen LogP contribution in [0, 0.1) is 0 Å². The van der Waals surface area contributed by atoms with Gasteiger partial charge < -0.3 is 18.9 Å². The first-order valence-electron chi connectivity index (χ1n) is 10.2. The van der Waals surface area contributed by atoms with Gasteiger partial charge >= 0.3 is 0 Å². The van der Waals surface area contributed by atoms with Crippen LogP contribution >= 0.6 is 11.8 Å². The largest absolute Gasteiger partial charge is 0.495 e. The first-order valence-corrected chi connectivity index (χ1v) is 11.2. The lowest BCUT2D eigenvalue weighted by atomic mass is 10.1. The summed E-state index contributed by atoms with van der Waals surface area (Å²) < 4.78 is 18.7. The van der Waals surface area contributed by atoms with Crippen LogP contribution in [0.5, 0.6) is 5.75 Å². The number of aromatic nitrogens is 3. The summed E-state index contributed by atoms with van der Waals surface area (Å²) in [5.41, 5.74) is 2.00. The Bertz CT molecular complexity index is 1450. The Balaban J connectivity index is 1.35. The molecule has 0 saturated carbocycles. The van der Waals surface area contributed by atoms with E-state index in [9.17, 15) is 4.79 Å². The zero-order chi connectivity index (χ0) is 22.8. The van der Waals surface area contributed by atoms with E-state index in [0.717, 1.165) is 16.4 Å². The molecule has 5 rings (SSSR count). The van der Waals surface area contributed by atoms with Gasteiger partial charge in [0.1, 0.15) is 16.9 Å². The molecule has 8 nitrogen and oxygen atoms in total. The van der Waals surface area contributed by atoms with Gasteiger partial charge in [-0.15, -0.1) is 16.8 Å². The summed E-state index contributed by atoms with van der Waals surface area (Å²) in [4.78, 5) is 12.8. The third-order valence-electron chi connectivity index (χ3n) is 5.08. The van der Waals surface area contributed by atoms with Crippen molar-refractivity contribution in [3.63, 3.8) is 0 Å². The summed E-state index contributed by atoms with van der Waals surface area (Å²) in [6.45, 7) is 4.28. The number of rotatable bonds is 8. The van der Waals surface area contributed by atoms with E-state index in [1.54, 1.807) is 31.6 Å². The van der Waals surface area contributed by atoms with Gasteiger partial charge in [-0.1, -0.05) is 36.0 Å². The van der Waals surface area contributed by atoms with E-state index in [4.69, 9.17) is 13.6 Å². The quantitative estimate of drug-likeness (QED) is 0.246. The lowest BCUT2D eigenvalue weighted by molar-refractivity contribution is -0.113. The number of carbonyl (C=O) groups excluding carboxylic acids is 1. The molecule has 0 unspecified atom stereocenters. The van der Waals surface area contributed by atoms with Crippen LogP contribution in [0.2, 0.25) is 0 Å². The van der Waals surface area contributed by atoms with Crippen LogP contribution in [-0.2, 0) is 11.3 Å². The van der Waals surface area contributed by atoms with Gasteiger partial charge in [0.2, 0.25) is 11.7 Å². The van der Waals surface area contributed by atoms with Crippen molar-refractivity contribution in [2.75, 3.05) is 18.2 Å². The molecule has 2 aromatic carbocycles. The first-order chi connectivity index (χ1) is 16.2. The average Bonchev–Trinajstić information content (AvgIpc) is 3.56. The number of nitrogens with one attached hydrogen (secondary N) is 1. The van der Waals surface area contributed by atoms with Crippen LogP contribution in [0.4, 0.5) is 5.69 Å². The van der Waals surface area contributed by atoms with Gasteiger partial charge in [0.05, 0.1) is 24.8 Å². The zero-order valence-electron chi connectivity index (χ0n) is 17.8. The molecule has 3 heterocycles. The minimum Gasteiger partial charge on any atom is -0.495 e. The number of thioether (sulfide) groups is 1. The van der Waals surface area contributed by atoms with Crippen LogP contribution in [0.25, 0.3) is 33.5 Å². The Hall–Kier alpha value is -3.98. The molecule has 0 spiro atoms. The van der Waals surface area contributed by atoms with Crippen molar-refractivity contribution >= 4 is 45.3 Å². The smallest absolute Gasteiger partial charge is 0.234 e. The van der Waals surface area contributed by atoms with Crippen molar-refractivity contribution in [3.05, 3.63) is 67.4 Å². The third-order valence-corrected chi connectivity index (χ3v) is 6.04. The predicted octanol–water partition coefficient (Wildman–Crippen LogP) is 5.36. The van der Waals surface area contributed by atoms with Crippen molar-refractivity contribution in [2.24, 2.45) is 0 Å². The van der Waals surface area contributed by atoms with Gasteiger partial charge in [-0.2, -0.15) is 0 Å². The molecule has 1 amide bonds. The van der Waals surface area contributed by atoms with E-state index >= 15 is 0 Å². The van der Waals surface area contributed by atoms with Gasteiger partial charge in [-0.3, -0.25) is 9.36 Å². The number of methoxy groups -OCH3 is 1. The van der Waals surface area contributed by atoms with Gasteiger partial charge in [-0.05, 0) is 24.3 Å². The number of fused-ring (bicyclic) bond motifs is 3. The highest BCUT2D eigenvalue weighted by atomic mass is 32.2. The normalized spacial score (nSPS) is 11.2.